The number of nitriles is 1. The van der Waals surface area contributed by atoms with Gasteiger partial charge in [0.25, 0.3) is 5.91 Å². The number of anilines is 2. The SMILES string of the molecule is CC(C)(C)NC(=O)c1cc(Nc2ccc(C#N)cc2)ncn1. The number of rotatable bonds is 3. The quantitative estimate of drug-likeness (QED) is 0.908. The number of amides is 1. The van der Waals surface area contributed by atoms with Crippen LogP contribution in [0.25, 0.3) is 0 Å². The van der Waals surface area contributed by atoms with E-state index < -0.39 is 0 Å². The number of benzene rings is 1. The van der Waals surface area contributed by atoms with Crippen LogP contribution in [-0.2, 0) is 0 Å². The summed E-state index contributed by atoms with van der Waals surface area (Å²) >= 11 is 0. The van der Waals surface area contributed by atoms with Crippen LogP contribution in [0.15, 0.2) is 36.7 Å². The Morgan fingerprint density at radius 2 is 1.86 bits per heavy atom. The lowest BCUT2D eigenvalue weighted by molar-refractivity contribution is 0.0914. The summed E-state index contributed by atoms with van der Waals surface area (Å²) in [5, 5.41) is 14.7. The monoisotopic (exact) mass is 295 g/mol. The minimum Gasteiger partial charge on any atom is -0.346 e. The van der Waals surface area contributed by atoms with E-state index in [0.29, 0.717) is 17.1 Å². The maximum Gasteiger partial charge on any atom is 0.270 e. The van der Waals surface area contributed by atoms with Gasteiger partial charge in [0.05, 0.1) is 11.6 Å². The summed E-state index contributed by atoms with van der Waals surface area (Å²) in [6.07, 6.45) is 1.34. The maximum absolute atomic E-state index is 12.1. The lowest BCUT2D eigenvalue weighted by Crippen LogP contribution is -2.40. The number of nitrogens with one attached hydrogen (secondary N) is 2. The second-order valence-corrected chi connectivity index (χ2v) is 5.81. The van der Waals surface area contributed by atoms with E-state index in [1.54, 1.807) is 30.3 Å². The van der Waals surface area contributed by atoms with Gasteiger partial charge in [0, 0.05) is 17.3 Å². The minimum atomic E-state index is -0.331. The fourth-order valence-corrected chi connectivity index (χ4v) is 1.73. The number of hydrogen-bond donors (Lipinski definition) is 2. The van der Waals surface area contributed by atoms with Gasteiger partial charge in [-0.05, 0) is 45.0 Å². The molecule has 6 nitrogen and oxygen atoms in total. The Morgan fingerprint density at radius 3 is 2.45 bits per heavy atom. The first-order valence-corrected chi connectivity index (χ1v) is 6.79. The Labute approximate surface area is 129 Å². The van der Waals surface area contributed by atoms with Gasteiger partial charge in [-0.2, -0.15) is 5.26 Å². The van der Waals surface area contributed by atoms with Crippen molar-refractivity contribution in [3.05, 3.63) is 47.9 Å². The molecule has 0 aliphatic heterocycles. The van der Waals surface area contributed by atoms with E-state index in [-0.39, 0.29) is 11.4 Å². The van der Waals surface area contributed by atoms with Crippen LogP contribution >= 0.6 is 0 Å². The molecule has 1 amide bonds. The zero-order chi connectivity index (χ0) is 16.2. The van der Waals surface area contributed by atoms with Crippen molar-refractivity contribution in [1.29, 1.82) is 5.26 Å². The highest BCUT2D eigenvalue weighted by Gasteiger charge is 2.16. The zero-order valence-electron chi connectivity index (χ0n) is 12.7. The van der Waals surface area contributed by atoms with E-state index in [1.807, 2.05) is 20.8 Å². The van der Waals surface area contributed by atoms with Crippen molar-refractivity contribution < 1.29 is 4.79 Å². The van der Waals surface area contributed by atoms with Crippen molar-refractivity contribution in [3.63, 3.8) is 0 Å². The van der Waals surface area contributed by atoms with Crippen molar-refractivity contribution in [3.8, 4) is 6.07 Å². The number of carbonyl (C=O) groups excluding carboxylic acids is 1. The Hall–Kier alpha value is -2.94. The summed E-state index contributed by atoms with van der Waals surface area (Å²) in [5.74, 6) is 0.261. The van der Waals surface area contributed by atoms with Crippen LogP contribution in [-0.4, -0.2) is 21.4 Å². The molecule has 0 aliphatic carbocycles. The predicted molar refractivity (Wildman–Crippen MR) is 83.7 cm³/mol. The molecular formula is C16H17N5O. The first-order valence-electron chi connectivity index (χ1n) is 6.79. The third kappa shape index (κ3) is 4.28. The average Bonchev–Trinajstić information content (AvgIpc) is 2.46. The van der Waals surface area contributed by atoms with E-state index in [9.17, 15) is 4.79 Å². The summed E-state index contributed by atoms with van der Waals surface area (Å²) in [6.45, 7) is 5.71. The van der Waals surface area contributed by atoms with Crippen molar-refractivity contribution in [2.24, 2.45) is 0 Å². The molecule has 1 aromatic carbocycles. The van der Waals surface area contributed by atoms with Gasteiger partial charge >= 0.3 is 0 Å². The molecule has 2 rings (SSSR count). The topological polar surface area (TPSA) is 90.7 Å². The summed E-state index contributed by atoms with van der Waals surface area (Å²) in [7, 11) is 0. The molecule has 0 saturated heterocycles. The second-order valence-electron chi connectivity index (χ2n) is 5.81. The van der Waals surface area contributed by atoms with Crippen molar-refractivity contribution >= 4 is 17.4 Å². The Morgan fingerprint density at radius 1 is 1.18 bits per heavy atom. The van der Waals surface area contributed by atoms with Crippen LogP contribution in [0.4, 0.5) is 11.5 Å². The zero-order valence-corrected chi connectivity index (χ0v) is 12.7. The molecular weight excluding hydrogens is 278 g/mol. The number of nitrogens with zero attached hydrogens (tertiary/aromatic N) is 3. The molecule has 2 aromatic rings. The third-order valence-electron chi connectivity index (χ3n) is 2.67. The van der Waals surface area contributed by atoms with E-state index in [1.165, 1.54) is 6.33 Å². The molecule has 0 bridgehead atoms. The molecule has 2 N–H and O–H groups in total. The lowest BCUT2D eigenvalue weighted by Gasteiger charge is -2.20. The van der Waals surface area contributed by atoms with Gasteiger partial charge in [0.2, 0.25) is 0 Å². The fourth-order valence-electron chi connectivity index (χ4n) is 1.73. The molecule has 0 aliphatic rings. The molecule has 22 heavy (non-hydrogen) atoms. The van der Waals surface area contributed by atoms with Gasteiger partial charge in [0.1, 0.15) is 17.8 Å². The lowest BCUT2D eigenvalue weighted by atomic mass is 10.1. The maximum atomic E-state index is 12.1. The first-order chi connectivity index (χ1) is 10.4. The largest absolute Gasteiger partial charge is 0.346 e. The Balaban J connectivity index is 2.14. The standard InChI is InChI=1S/C16H17N5O/c1-16(2,3)21-15(22)13-8-14(19-10-18-13)20-12-6-4-11(9-17)5-7-12/h4-8,10H,1-3H3,(H,21,22)(H,18,19,20). The van der Waals surface area contributed by atoms with Crippen LogP contribution in [0.3, 0.4) is 0 Å². The van der Waals surface area contributed by atoms with E-state index in [0.717, 1.165) is 5.69 Å². The molecule has 0 fully saturated rings. The molecule has 112 valence electrons. The van der Waals surface area contributed by atoms with Gasteiger partial charge in [-0.25, -0.2) is 9.97 Å². The van der Waals surface area contributed by atoms with Gasteiger partial charge in [0.15, 0.2) is 0 Å². The molecule has 1 heterocycles. The van der Waals surface area contributed by atoms with E-state index in [4.69, 9.17) is 5.26 Å². The predicted octanol–water partition coefficient (Wildman–Crippen LogP) is 2.62. The number of aromatic nitrogens is 2. The number of hydrogen-bond acceptors (Lipinski definition) is 5. The molecule has 0 unspecified atom stereocenters. The average molecular weight is 295 g/mol. The third-order valence-corrected chi connectivity index (χ3v) is 2.67. The highest BCUT2D eigenvalue weighted by atomic mass is 16.2. The van der Waals surface area contributed by atoms with Crippen LogP contribution in [0.1, 0.15) is 36.8 Å². The molecule has 6 heteroatoms. The van der Waals surface area contributed by atoms with Crippen LogP contribution < -0.4 is 10.6 Å². The molecule has 0 radical (unpaired) electrons. The highest BCUT2D eigenvalue weighted by Crippen LogP contribution is 2.15. The van der Waals surface area contributed by atoms with Crippen molar-refractivity contribution in [1.82, 2.24) is 15.3 Å². The van der Waals surface area contributed by atoms with E-state index >= 15 is 0 Å². The smallest absolute Gasteiger partial charge is 0.270 e. The van der Waals surface area contributed by atoms with E-state index in [2.05, 4.69) is 26.7 Å². The van der Waals surface area contributed by atoms with Crippen LogP contribution in [0, 0.1) is 11.3 Å². The second kappa shape index (κ2) is 6.22. The molecule has 1 aromatic heterocycles. The number of carbonyl (C=O) groups is 1. The Kier molecular flexibility index (Phi) is 4.37. The van der Waals surface area contributed by atoms with Gasteiger partial charge < -0.3 is 10.6 Å². The van der Waals surface area contributed by atoms with Gasteiger partial charge in [-0.1, -0.05) is 0 Å². The van der Waals surface area contributed by atoms with Gasteiger partial charge in [-0.3, -0.25) is 4.79 Å². The summed E-state index contributed by atoms with van der Waals surface area (Å²) < 4.78 is 0. The Bertz CT molecular complexity index is 711. The molecule has 0 saturated carbocycles. The van der Waals surface area contributed by atoms with Crippen LogP contribution in [0.5, 0.6) is 0 Å². The van der Waals surface area contributed by atoms with Gasteiger partial charge in [-0.15, -0.1) is 0 Å². The first kappa shape index (κ1) is 15.4. The summed E-state index contributed by atoms with van der Waals surface area (Å²) in [6, 6.07) is 10.6. The summed E-state index contributed by atoms with van der Waals surface area (Å²) in [5.41, 5.74) is 1.32. The van der Waals surface area contributed by atoms with Crippen molar-refractivity contribution in [2.75, 3.05) is 5.32 Å². The minimum absolute atomic E-state index is 0.252. The normalized spacial score (nSPS) is 10.6. The van der Waals surface area contributed by atoms with Crippen LogP contribution in [0.2, 0.25) is 0 Å². The highest BCUT2D eigenvalue weighted by molar-refractivity contribution is 5.93. The fraction of sp³-hybridized carbons (Fsp3) is 0.250. The van der Waals surface area contributed by atoms with Crippen molar-refractivity contribution in [2.45, 2.75) is 26.3 Å². The molecule has 0 spiro atoms. The molecule has 0 atom stereocenters. The summed E-state index contributed by atoms with van der Waals surface area (Å²) in [4.78, 5) is 20.2.